The fraction of sp³-hybridized carbons (Fsp3) is 0.238. The minimum absolute atomic E-state index is 0.241. The van der Waals surface area contributed by atoms with Crippen LogP contribution in [0.1, 0.15) is 6.92 Å². The van der Waals surface area contributed by atoms with Gasteiger partial charge in [0, 0.05) is 35.8 Å². The molecule has 0 amide bonds. The third kappa shape index (κ3) is 2.59. The second-order valence-electron chi connectivity index (χ2n) is 7.48. The number of fused-ring (bicyclic) bond motifs is 2. The van der Waals surface area contributed by atoms with Crippen molar-refractivity contribution in [1.29, 1.82) is 0 Å². The first-order valence-corrected chi connectivity index (χ1v) is 9.95. The number of aromatic nitrogens is 7. The van der Waals surface area contributed by atoms with E-state index < -0.39 is 0 Å². The normalized spacial score (nSPS) is 17.2. The SMILES string of the molecule is C[C@@H]1COCCN1c1cc(-c2ccnc3[nH]ccc23)c2cnn(-c3ccn[nH]3)c2n1. The summed E-state index contributed by atoms with van der Waals surface area (Å²) in [5, 5.41) is 13.7. The lowest BCUT2D eigenvalue weighted by atomic mass is 10.0. The van der Waals surface area contributed by atoms with Crippen LogP contribution in [0.5, 0.6) is 0 Å². The van der Waals surface area contributed by atoms with E-state index in [1.807, 2.05) is 30.7 Å². The van der Waals surface area contributed by atoms with E-state index in [1.165, 1.54) is 0 Å². The Kier molecular flexibility index (Phi) is 3.81. The molecular weight excluding hydrogens is 380 g/mol. The number of pyridine rings is 2. The molecule has 0 unspecified atom stereocenters. The molecule has 6 rings (SSSR count). The summed E-state index contributed by atoms with van der Waals surface area (Å²) in [6, 6.07) is 8.38. The third-order valence-electron chi connectivity index (χ3n) is 5.65. The Morgan fingerprint density at radius 1 is 1.13 bits per heavy atom. The van der Waals surface area contributed by atoms with Gasteiger partial charge >= 0.3 is 0 Å². The zero-order valence-electron chi connectivity index (χ0n) is 16.4. The lowest BCUT2D eigenvalue weighted by Crippen LogP contribution is -2.44. The van der Waals surface area contributed by atoms with Gasteiger partial charge in [-0.15, -0.1) is 0 Å². The van der Waals surface area contributed by atoms with Gasteiger partial charge in [0.25, 0.3) is 0 Å². The van der Waals surface area contributed by atoms with Crippen LogP contribution in [0.4, 0.5) is 5.82 Å². The lowest BCUT2D eigenvalue weighted by molar-refractivity contribution is 0.0986. The summed E-state index contributed by atoms with van der Waals surface area (Å²) in [6.45, 7) is 4.34. The highest BCUT2D eigenvalue weighted by molar-refractivity contribution is 6.03. The molecule has 1 atom stereocenters. The predicted molar refractivity (Wildman–Crippen MR) is 114 cm³/mol. The first-order valence-electron chi connectivity index (χ1n) is 9.95. The second kappa shape index (κ2) is 6.67. The van der Waals surface area contributed by atoms with E-state index in [1.54, 1.807) is 10.9 Å². The summed E-state index contributed by atoms with van der Waals surface area (Å²) in [5.74, 6) is 1.69. The molecule has 30 heavy (non-hydrogen) atoms. The summed E-state index contributed by atoms with van der Waals surface area (Å²) in [7, 11) is 0. The van der Waals surface area contributed by atoms with E-state index in [4.69, 9.17) is 9.72 Å². The molecule has 0 saturated carbocycles. The molecular formula is C21H20N8O. The van der Waals surface area contributed by atoms with Crippen molar-refractivity contribution in [2.45, 2.75) is 13.0 Å². The fourth-order valence-corrected chi connectivity index (χ4v) is 4.16. The lowest BCUT2D eigenvalue weighted by Gasteiger charge is -2.34. The van der Waals surface area contributed by atoms with Gasteiger partial charge in [-0.1, -0.05) is 0 Å². The minimum Gasteiger partial charge on any atom is -0.377 e. The smallest absolute Gasteiger partial charge is 0.167 e. The Morgan fingerprint density at radius 2 is 2.10 bits per heavy atom. The molecule has 9 heteroatoms. The zero-order valence-corrected chi connectivity index (χ0v) is 16.4. The van der Waals surface area contributed by atoms with Gasteiger partial charge in [0.15, 0.2) is 11.5 Å². The first-order chi connectivity index (χ1) is 14.8. The average Bonchev–Trinajstić information content (AvgIpc) is 3.52. The zero-order chi connectivity index (χ0) is 20.1. The summed E-state index contributed by atoms with van der Waals surface area (Å²) in [5.41, 5.74) is 3.82. The van der Waals surface area contributed by atoms with Gasteiger partial charge in [0.1, 0.15) is 11.5 Å². The van der Waals surface area contributed by atoms with Crippen LogP contribution in [0.25, 0.3) is 39.0 Å². The number of rotatable bonds is 3. The minimum atomic E-state index is 0.241. The maximum absolute atomic E-state index is 5.64. The Balaban J connectivity index is 1.64. The van der Waals surface area contributed by atoms with Crippen molar-refractivity contribution in [3.63, 3.8) is 0 Å². The topological polar surface area (TPSA) is 101 Å². The molecule has 5 aromatic heterocycles. The molecule has 0 aliphatic carbocycles. The van der Waals surface area contributed by atoms with Crippen molar-refractivity contribution in [2.24, 2.45) is 0 Å². The maximum Gasteiger partial charge on any atom is 0.167 e. The van der Waals surface area contributed by atoms with Gasteiger partial charge in [-0.2, -0.15) is 14.9 Å². The van der Waals surface area contributed by atoms with Crippen LogP contribution < -0.4 is 4.90 Å². The number of nitrogens with zero attached hydrogens (tertiary/aromatic N) is 6. The van der Waals surface area contributed by atoms with Crippen molar-refractivity contribution < 1.29 is 4.74 Å². The van der Waals surface area contributed by atoms with Gasteiger partial charge in [-0.3, -0.25) is 5.10 Å². The Labute approximate surface area is 171 Å². The summed E-state index contributed by atoms with van der Waals surface area (Å²) < 4.78 is 7.44. The van der Waals surface area contributed by atoms with E-state index in [0.717, 1.165) is 51.4 Å². The Hall–Kier alpha value is -3.72. The van der Waals surface area contributed by atoms with E-state index >= 15 is 0 Å². The first kappa shape index (κ1) is 17.2. The van der Waals surface area contributed by atoms with Crippen molar-refractivity contribution in [3.05, 3.63) is 49.1 Å². The molecule has 150 valence electrons. The highest BCUT2D eigenvalue weighted by Crippen LogP contribution is 2.36. The molecule has 1 aliphatic heterocycles. The molecule has 1 saturated heterocycles. The molecule has 5 aromatic rings. The number of nitrogens with one attached hydrogen (secondary N) is 2. The van der Waals surface area contributed by atoms with Crippen molar-refractivity contribution >= 4 is 27.9 Å². The number of aromatic amines is 2. The largest absolute Gasteiger partial charge is 0.377 e. The van der Waals surface area contributed by atoms with Gasteiger partial charge < -0.3 is 14.6 Å². The van der Waals surface area contributed by atoms with Crippen molar-refractivity contribution in [2.75, 3.05) is 24.7 Å². The van der Waals surface area contributed by atoms with Gasteiger partial charge in [-0.05, 0) is 36.2 Å². The highest BCUT2D eigenvalue weighted by Gasteiger charge is 2.24. The molecule has 0 radical (unpaired) electrons. The average molecular weight is 400 g/mol. The van der Waals surface area contributed by atoms with Crippen LogP contribution in [0, 0.1) is 0 Å². The molecule has 0 spiro atoms. The maximum atomic E-state index is 5.64. The number of H-pyrrole nitrogens is 2. The molecule has 0 aromatic carbocycles. The standard InChI is InChI=1S/C21H20N8O/c1-13-12-30-9-8-28(13)19-10-16(14-2-5-22-20-15(14)3-6-23-20)17-11-25-29(21(17)26-19)18-4-7-24-27-18/h2-7,10-11,13H,8-9,12H2,1H3,(H,22,23)(H,24,27)/t13-/m1/s1. The molecule has 1 fully saturated rings. The summed E-state index contributed by atoms with van der Waals surface area (Å²) in [6.07, 6.45) is 7.32. The molecule has 6 heterocycles. The second-order valence-corrected chi connectivity index (χ2v) is 7.48. The summed E-state index contributed by atoms with van der Waals surface area (Å²) in [4.78, 5) is 15.0. The van der Waals surface area contributed by atoms with Gasteiger partial charge in [-0.25, -0.2) is 9.97 Å². The van der Waals surface area contributed by atoms with Gasteiger partial charge in [0.05, 0.1) is 31.6 Å². The van der Waals surface area contributed by atoms with E-state index in [0.29, 0.717) is 13.2 Å². The number of hydrogen-bond donors (Lipinski definition) is 2. The van der Waals surface area contributed by atoms with E-state index in [-0.39, 0.29) is 6.04 Å². The van der Waals surface area contributed by atoms with Crippen LogP contribution in [-0.2, 0) is 4.74 Å². The number of anilines is 1. The summed E-state index contributed by atoms with van der Waals surface area (Å²) >= 11 is 0. The predicted octanol–water partition coefficient (Wildman–Crippen LogP) is 2.91. The van der Waals surface area contributed by atoms with Crippen molar-refractivity contribution in [3.8, 4) is 16.9 Å². The molecule has 2 N–H and O–H groups in total. The van der Waals surface area contributed by atoms with Gasteiger partial charge in [0.2, 0.25) is 0 Å². The number of morpholine rings is 1. The molecule has 0 bridgehead atoms. The van der Waals surface area contributed by atoms with E-state index in [2.05, 4.69) is 49.2 Å². The fourth-order valence-electron chi connectivity index (χ4n) is 4.16. The number of hydrogen-bond acceptors (Lipinski definition) is 6. The van der Waals surface area contributed by atoms with Crippen LogP contribution >= 0.6 is 0 Å². The quantitative estimate of drug-likeness (QED) is 0.483. The van der Waals surface area contributed by atoms with Crippen LogP contribution in [0.3, 0.4) is 0 Å². The van der Waals surface area contributed by atoms with E-state index in [9.17, 15) is 0 Å². The van der Waals surface area contributed by atoms with Crippen LogP contribution in [0.15, 0.2) is 49.1 Å². The van der Waals surface area contributed by atoms with Crippen LogP contribution in [0.2, 0.25) is 0 Å². The van der Waals surface area contributed by atoms with Crippen LogP contribution in [-0.4, -0.2) is 60.7 Å². The highest BCUT2D eigenvalue weighted by atomic mass is 16.5. The molecule has 1 aliphatic rings. The number of ether oxygens (including phenoxy) is 1. The monoisotopic (exact) mass is 400 g/mol. The molecule has 9 nitrogen and oxygen atoms in total. The third-order valence-corrected chi connectivity index (χ3v) is 5.65. The Bertz CT molecular complexity index is 1340. The van der Waals surface area contributed by atoms with Crippen molar-refractivity contribution in [1.82, 2.24) is 34.9 Å². The Morgan fingerprint density at radius 3 is 2.97 bits per heavy atom.